The van der Waals surface area contributed by atoms with Crippen LogP contribution < -0.4 is 0 Å². The smallest absolute Gasteiger partial charge is 0.343 e. The van der Waals surface area contributed by atoms with Crippen LogP contribution in [0.2, 0.25) is 0 Å². The van der Waals surface area contributed by atoms with Gasteiger partial charge < -0.3 is 4.29 Å². The highest BCUT2D eigenvalue weighted by atomic mass is 35.5. The molecule has 0 aromatic carbocycles. The van der Waals surface area contributed by atoms with Crippen LogP contribution in [0.5, 0.6) is 0 Å². The summed E-state index contributed by atoms with van der Waals surface area (Å²) in [7, 11) is 0. The van der Waals surface area contributed by atoms with E-state index in [9.17, 15) is 18.0 Å². The highest BCUT2D eigenvalue weighted by Gasteiger charge is 2.32. The zero-order chi connectivity index (χ0) is 10.8. The van der Waals surface area contributed by atoms with Crippen LogP contribution in [-0.2, 0) is 10.5 Å². The fourth-order valence-electron chi connectivity index (χ4n) is 0.727. The van der Waals surface area contributed by atoms with E-state index in [0.717, 1.165) is 12.3 Å². The maximum atomic E-state index is 12.0. The molecule has 0 saturated heterocycles. The molecule has 0 spiro atoms. The van der Waals surface area contributed by atoms with E-state index in [0.29, 0.717) is 6.07 Å². The molecule has 0 unspecified atom stereocenters. The highest BCUT2D eigenvalue weighted by molar-refractivity contribution is 6.15. The van der Waals surface area contributed by atoms with Gasteiger partial charge in [0.2, 0.25) is 0 Å². The number of halogens is 4. The average molecular weight is 226 g/mol. The Morgan fingerprint density at radius 1 is 1.43 bits per heavy atom. The summed E-state index contributed by atoms with van der Waals surface area (Å²) in [6.07, 6.45) is -3.78. The molecule has 0 aliphatic rings. The molecule has 0 radical (unpaired) electrons. The van der Waals surface area contributed by atoms with Gasteiger partial charge >= 0.3 is 12.1 Å². The molecular weight excluding hydrogens is 223 g/mol. The van der Waals surface area contributed by atoms with E-state index in [1.807, 2.05) is 0 Å². The number of carbonyl (C=O) groups is 1. The maximum absolute atomic E-state index is 12.0. The van der Waals surface area contributed by atoms with Crippen molar-refractivity contribution in [1.29, 1.82) is 0 Å². The molecule has 0 amide bonds. The monoisotopic (exact) mass is 225 g/mol. The molecule has 1 heterocycles. The second-order valence-electron chi connectivity index (χ2n) is 2.29. The summed E-state index contributed by atoms with van der Waals surface area (Å²) < 4.78 is 39.8. The van der Waals surface area contributed by atoms with Gasteiger partial charge in [0.1, 0.15) is 17.6 Å². The van der Waals surface area contributed by atoms with E-state index in [1.54, 1.807) is 0 Å². The number of nitrogens with zero attached hydrogens (tertiary/aromatic N) is 1. The van der Waals surface area contributed by atoms with Crippen LogP contribution in [0, 0.1) is 0 Å². The summed E-state index contributed by atoms with van der Waals surface area (Å²) in [6.45, 7) is 0. The molecule has 0 aliphatic carbocycles. The molecule has 0 bridgehead atoms. The summed E-state index contributed by atoms with van der Waals surface area (Å²) in [5, 5.41) is 0. The standard InChI is InChI=1S/C7H3ClF3NO2/c8-14-6(13)4-1-2-5(12-3-4)7(9,10)11/h1-3H. The molecule has 0 fully saturated rings. The number of hydrogen-bond acceptors (Lipinski definition) is 3. The van der Waals surface area contributed by atoms with Gasteiger partial charge in [0, 0.05) is 6.20 Å². The normalized spacial score (nSPS) is 11.1. The van der Waals surface area contributed by atoms with E-state index in [-0.39, 0.29) is 5.56 Å². The van der Waals surface area contributed by atoms with Crippen LogP contribution in [-0.4, -0.2) is 11.0 Å². The Balaban J connectivity index is 2.95. The number of pyridine rings is 1. The van der Waals surface area contributed by atoms with Gasteiger partial charge in [-0.3, -0.25) is 4.98 Å². The quantitative estimate of drug-likeness (QED) is 0.737. The molecule has 1 rings (SSSR count). The first-order valence-electron chi connectivity index (χ1n) is 3.31. The first-order chi connectivity index (χ1) is 6.45. The summed E-state index contributed by atoms with van der Waals surface area (Å²) in [6, 6.07) is 1.60. The van der Waals surface area contributed by atoms with Gasteiger partial charge in [0.05, 0.1) is 5.56 Å². The average Bonchev–Trinajstić information content (AvgIpc) is 2.15. The topological polar surface area (TPSA) is 39.2 Å². The molecule has 0 saturated carbocycles. The van der Waals surface area contributed by atoms with Crippen molar-refractivity contribution in [3.63, 3.8) is 0 Å². The van der Waals surface area contributed by atoms with E-state index in [2.05, 4.69) is 9.27 Å². The van der Waals surface area contributed by atoms with E-state index in [4.69, 9.17) is 11.9 Å². The molecule has 1 aromatic heterocycles. The van der Waals surface area contributed by atoms with Gasteiger partial charge in [-0.25, -0.2) is 4.79 Å². The minimum Gasteiger partial charge on any atom is -0.343 e. The van der Waals surface area contributed by atoms with Crippen LogP contribution in [0.1, 0.15) is 16.1 Å². The molecule has 76 valence electrons. The first-order valence-corrected chi connectivity index (χ1v) is 3.62. The second kappa shape index (κ2) is 3.83. The number of aromatic nitrogens is 1. The fourth-order valence-corrected chi connectivity index (χ4v) is 0.816. The third kappa shape index (κ3) is 2.35. The van der Waals surface area contributed by atoms with E-state index in [1.165, 1.54) is 0 Å². The molecule has 0 N–H and O–H groups in total. The lowest BCUT2D eigenvalue weighted by Gasteiger charge is -2.04. The Morgan fingerprint density at radius 2 is 2.07 bits per heavy atom. The van der Waals surface area contributed by atoms with Crippen molar-refractivity contribution in [3.8, 4) is 0 Å². The van der Waals surface area contributed by atoms with Crippen LogP contribution in [0.15, 0.2) is 18.3 Å². The molecule has 0 aliphatic heterocycles. The van der Waals surface area contributed by atoms with Crippen molar-refractivity contribution in [2.75, 3.05) is 0 Å². The maximum Gasteiger partial charge on any atom is 0.433 e. The predicted octanol–water partition coefficient (Wildman–Crippen LogP) is 2.41. The third-order valence-corrected chi connectivity index (χ3v) is 1.50. The van der Waals surface area contributed by atoms with Crippen LogP contribution in [0.25, 0.3) is 0 Å². The minimum atomic E-state index is -4.52. The highest BCUT2D eigenvalue weighted by Crippen LogP contribution is 2.27. The van der Waals surface area contributed by atoms with Gasteiger partial charge in [-0.15, -0.1) is 0 Å². The van der Waals surface area contributed by atoms with Crippen LogP contribution in [0.4, 0.5) is 13.2 Å². The van der Waals surface area contributed by atoms with Gasteiger partial charge in [0.15, 0.2) is 0 Å². The number of hydrogen-bond donors (Lipinski definition) is 0. The van der Waals surface area contributed by atoms with Crippen molar-refractivity contribution in [2.45, 2.75) is 6.18 Å². The SMILES string of the molecule is O=C(OCl)c1ccc(C(F)(F)F)nc1. The van der Waals surface area contributed by atoms with Gasteiger partial charge in [-0.1, -0.05) is 0 Å². The zero-order valence-corrected chi connectivity index (χ0v) is 7.26. The van der Waals surface area contributed by atoms with Gasteiger partial charge in [0.25, 0.3) is 0 Å². The Hall–Kier alpha value is -1.30. The van der Waals surface area contributed by atoms with Gasteiger partial charge in [-0.2, -0.15) is 13.2 Å². The fraction of sp³-hybridized carbons (Fsp3) is 0.143. The molecule has 7 heteroatoms. The van der Waals surface area contributed by atoms with E-state index < -0.39 is 17.8 Å². The Morgan fingerprint density at radius 3 is 2.43 bits per heavy atom. The molecule has 0 atom stereocenters. The predicted molar refractivity (Wildman–Crippen MR) is 40.5 cm³/mol. The first kappa shape index (κ1) is 10.8. The summed E-state index contributed by atoms with van der Waals surface area (Å²) in [5.74, 6) is -0.951. The lowest BCUT2D eigenvalue weighted by molar-refractivity contribution is -0.141. The minimum absolute atomic E-state index is 0.145. The zero-order valence-electron chi connectivity index (χ0n) is 6.51. The summed E-state index contributed by atoms with van der Waals surface area (Å²) in [5.41, 5.74) is -1.23. The third-order valence-electron chi connectivity index (χ3n) is 1.36. The van der Waals surface area contributed by atoms with Crippen molar-refractivity contribution in [1.82, 2.24) is 4.98 Å². The number of rotatable bonds is 1. The van der Waals surface area contributed by atoms with Crippen LogP contribution >= 0.6 is 11.9 Å². The van der Waals surface area contributed by atoms with E-state index >= 15 is 0 Å². The largest absolute Gasteiger partial charge is 0.433 e. The molecule has 14 heavy (non-hydrogen) atoms. The van der Waals surface area contributed by atoms with Crippen molar-refractivity contribution >= 4 is 17.8 Å². The second-order valence-corrected chi connectivity index (χ2v) is 2.45. The Bertz CT molecular complexity index is 336. The lowest BCUT2D eigenvalue weighted by Crippen LogP contribution is -2.09. The summed E-state index contributed by atoms with van der Waals surface area (Å²) in [4.78, 5) is 13.7. The Labute approximate surface area is 81.6 Å². The van der Waals surface area contributed by atoms with Crippen molar-refractivity contribution in [2.24, 2.45) is 0 Å². The van der Waals surface area contributed by atoms with Crippen molar-refractivity contribution < 1.29 is 22.3 Å². The molecule has 3 nitrogen and oxygen atoms in total. The summed E-state index contributed by atoms with van der Waals surface area (Å²) >= 11 is 4.72. The molecular formula is C7H3ClF3NO2. The van der Waals surface area contributed by atoms with Gasteiger partial charge in [-0.05, 0) is 12.1 Å². The number of alkyl halides is 3. The van der Waals surface area contributed by atoms with Crippen LogP contribution in [0.3, 0.4) is 0 Å². The molecule has 1 aromatic rings. The number of carbonyl (C=O) groups excluding carboxylic acids is 1. The van der Waals surface area contributed by atoms with Crippen molar-refractivity contribution in [3.05, 3.63) is 29.6 Å². The lowest BCUT2D eigenvalue weighted by atomic mass is 10.2. The Kier molecular flexibility index (Phi) is 2.95.